The van der Waals surface area contributed by atoms with Gasteiger partial charge in [-0.2, -0.15) is 0 Å². The number of benzene rings is 2. The van der Waals surface area contributed by atoms with Gasteiger partial charge in [-0.3, -0.25) is 4.90 Å². The van der Waals surface area contributed by atoms with Gasteiger partial charge in [-0.15, -0.1) is 0 Å². The third-order valence-electron chi connectivity index (χ3n) is 4.94. The molecule has 24 heavy (non-hydrogen) atoms. The number of hydrogen-bond acceptors (Lipinski definition) is 3. The molecular formula is C20H24N4. The zero-order valence-electron chi connectivity index (χ0n) is 14.2. The Labute approximate surface area is 143 Å². The summed E-state index contributed by atoms with van der Waals surface area (Å²) in [6, 6.07) is 17.0. The number of nitrogens with zero attached hydrogens (tertiary/aromatic N) is 3. The van der Waals surface area contributed by atoms with E-state index in [0.717, 1.165) is 29.0 Å². The molecule has 0 radical (unpaired) electrons. The summed E-state index contributed by atoms with van der Waals surface area (Å²) in [6.07, 6.45) is 0. The molecule has 1 saturated heterocycles. The van der Waals surface area contributed by atoms with Crippen molar-refractivity contribution in [3.05, 3.63) is 54.1 Å². The smallest absolute Gasteiger partial charge is 0.138 e. The van der Waals surface area contributed by atoms with Crippen LogP contribution in [0.3, 0.4) is 0 Å². The number of piperazine rings is 1. The molecule has 0 bridgehead atoms. The molecule has 2 aromatic carbocycles. The Kier molecular flexibility index (Phi) is 4.32. The second-order valence-electron chi connectivity index (χ2n) is 6.51. The fourth-order valence-electron chi connectivity index (χ4n) is 3.38. The van der Waals surface area contributed by atoms with Crippen molar-refractivity contribution in [1.29, 1.82) is 0 Å². The van der Waals surface area contributed by atoms with Crippen molar-refractivity contribution < 1.29 is 0 Å². The quantitative estimate of drug-likeness (QED) is 0.800. The molecule has 4 heteroatoms. The zero-order valence-corrected chi connectivity index (χ0v) is 14.2. The molecule has 0 unspecified atom stereocenters. The highest BCUT2D eigenvalue weighted by Gasteiger charge is 2.15. The number of rotatable bonds is 4. The van der Waals surface area contributed by atoms with Crippen LogP contribution in [0.25, 0.3) is 22.4 Å². The molecule has 1 aromatic heterocycles. The van der Waals surface area contributed by atoms with Gasteiger partial charge in [-0.25, -0.2) is 4.98 Å². The summed E-state index contributed by atoms with van der Waals surface area (Å²) in [6.45, 7) is 9.16. The fourth-order valence-corrected chi connectivity index (χ4v) is 3.38. The van der Waals surface area contributed by atoms with E-state index in [4.69, 9.17) is 0 Å². The van der Waals surface area contributed by atoms with Crippen molar-refractivity contribution in [2.75, 3.05) is 32.7 Å². The van der Waals surface area contributed by atoms with Crippen LogP contribution >= 0.6 is 0 Å². The summed E-state index contributed by atoms with van der Waals surface area (Å²) in [4.78, 5) is 13.1. The molecule has 0 amide bonds. The summed E-state index contributed by atoms with van der Waals surface area (Å²) in [5, 5.41) is 0. The standard InChI is InChI=1S/C20H24N4/c1-2-23-11-13-24(14-12-23)15-16-7-9-17(10-8-16)20-21-18-5-3-4-6-19(18)22-20/h3-10H,2,11-15H2,1H3,(H,21,22). The van der Waals surface area contributed by atoms with E-state index in [1.807, 2.05) is 18.2 Å². The van der Waals surface area contributed by atoms with Gasteiger partial charge in [-0.05, 0) is 24.2 Å². The van der Waals surface area contributed by atoms with E-state index in [1.54, 1.807) is 0 Å². The molecule has 4 rings (SSSR count). The molecule has 2 heterocycles. The van der Waals surface area contributed by atoms with Crippen LogP contribution in [0, 0.1) is 0 Å². The minimum absolute atomic E-state index is 0.944. The summed E-state index contributed by atoms with van der Waals surface area (Å²) in [5.74, 6) is 0.944. The average Bonchev–Trinajstić information content (AvgIpc) is 3.07. The molecule has 0 aliphatic carbocycles. The lowest BCUT2D eigenvalue weighted by molar-refractivity contribution is 0.132. The summed E-state index contributed by atoms with van der Waals surface area (Å²) >= 11 is 0. The average molecular weight is 320 g/mol. The molecule has 1 aliphatic heterocycles. The highest BCUT2D eigenvalue weighted by Crippen LogP contribution is 2.21. The molecule has 0 atom stereocenters. The number of hydrogen-bond donors (Lipinski definition) is 1. The fraction of sp³-hybridized carbons (Fsp3) is 0.350. The first-order valence-electron chi connectivity index (χ1n) is 8.80. The maximum atomic E-state index is 4.67. The molecule has 0 saturated carbocycles. The summed E-state index contributed by atoms with van der Waals surface area (Å²) in [7, 11) is 0. The molecule has 1 aliphatic rings. The first kappa shape index (κ1) is 15.4. The van der Waals surface area contributed by atoms with E-state index in [-0.39, 0.29) is 0 Å². The number of likely N-dealkylation sites (N-methyl/N-ethyl adjacent to an activating group) is 1. The van der Waals surface area contributed by atoms with E-state index >= 15 is 0 Å². The first-order chi connectivity index (χ1) is 11.8. The zero-order chi connectivity index (χ0) is 16.4. The van der Waals surface area contributed by atoms with Gasteiger partial charge in [0.2, 0.25) is 0 Å². The lowest BCUT2D eigenvalue weighted by atomic mass is 10.1. The number of nitrogens with one attached hydrogen (secondary N) is 1. The number of aromatic nitrogens is 2. The monoisotopic (exact) mass is 320 g/mol. The largest absolute Gasteiger partial charge is 0.338 e. The molecule has 0 spiro atoms. The number of para-hydroxylation sites is 2. The van der Waals surface area contributed by atoms with Gasteiger partial charge in [0, 0.05) is 38.3 Å². The minimum atomic E-state index is 0.944. The Morgan fingerprint density at radius 1 is 0.917 bits per heavy atom. The molecule has 1 fully saturated rings. The number of fused-ring (bicyclic) bond motifs is 1. The van der Waals surface area contributed by atoms with Crippen molar-refractivity contribution in [3.8, 4) is 11.4 Å². The van der Waals surface area contributed by atoms with E-state index in [1.165, 1.54) is 38.3 Å². The highest BCUT2D eigenvalue weighted by molar-refractivity contribution is 5.79. The van der Waals surface area contributed by atoms with Gasteiger partial charge in [0.1, 0.15) is 5.82 Å². The van der Waals surface area contributed by atoms with Crippen LogP contribution in [0.4, 0.5) is 0 Å². The Morgan fingerprint density at radius 3 is 2.33 bits per heavy atom. The van der Waals surface area contributed by atoms with Gasteiger partial charge < -0.3 is 9.88 Å². The van der Waals surface area contributed by atoms with Crippen LogP contribution in [-0.4, -0.2) is 52.5 Å². The van der Waals surface area contributed by atoms with E-state index < -0.39 is 0 Å². The van der Waals surface area contributed by atoms with Crippen molar-refractivity contribution in [2.24, 2.45) is 0 Å². The van der Waals surface area contributed by atoms with Gasteiger partial charge in [-0.1, -0.05) is 43.3 Å². The van der Waals surface area contributed by atoms with Crippen LogP contribution in [0.1, 0.15) is 12.5 Å². The maximum Gasteiger partial charge on any atom is 0.138 e. The Balaban J connectivity index is 1.45. The number of aromatic amines is 1. The first-order valence-corrected chi connectivity index (χ1v) is 8.80. The Hall–Kier alpha value is -2.17. The molecular weight excluding hydrogens is 296 g/mol. The van der Waals surface area contributed by atoms with Crippen molar-refractivity contribution in [1.82, 2.24) is 19.8 Å². The highest BCUT2D eigenvalue weighted by atomic mass is 15.3. The topological polar surface area (TPSA) is 35.2 Å². The third-order valence-corrected chi connectivity index (χ3v) is 4.94. The summed E-state index contributed by atoms with van der Waals surface area (Å²) in [5.41, 5.74) is 4.63. The van der Waals surface area contributed by atoms with Crippen LogP contribution in [0.2, 0.25) is 0 Å². The summed E-state index contributed by atoms with van der Waals surface area (Å²) < 4.78 is 0. The lowest BCUT2D eigenvalue weighted by Crippen LogP contribution is -2.45. The molecule has 4 nitrogen and oxygen atoms in total. The predicted molar refractivity (Wildman–Crippen MR) is 98.9 cm³/mol. The van der Waals surface area contributed by atoms with Crippen molar-refractivity contribution in [3.63, 3.8) is 0 Å². The molecule has 3 aromatic rings. The number of H-pyrrole nitrogens is 1. The second-order valence-corrected chi connectivity index (χ2v) is 6.51. The van der Waals surface area contributed by atoms with Gasteiger partial charge in [0.05, 0.1) is 11.0 Å². The van der Waals surface area contributed by atoms with Crippen LogP contribution in [-0.2, 0) is 6.54 Å². The SMILES string of the molecule is CCN1CCN(Cc2ccc(-c3nc4ccccc4[nH]3)cc2)CC1. The third kappa shape index (κ3) is 3.21. The van der Waals surface area contributed by atoms with Gasteiger partial charge >= 0.3 is 0 Å². The normalized spacial score (nSPS) is 16.7. The minimum Gasteiger partial charge on any atom is -0.338 e. The van der Waals surface area contributed by atoms with Crippen molar-refractivity contribution in [2.45, 2.75) is 13.5 Å². The van der Waals surface area contributed by atoms with Crippen LogP contribution in [0.5, 0.6) is 0 Å². The predicted octanol–water partition coefficient (Wildman–Crippen LogP) is 3.37. The van der Waals surface area contributed by atoms with Crippen LogP contribution in [0.15, 0.2) is 48.5 Å². The maximum absolute atomic E-state index is 4.67. The second kappa shape index (κ2) is 6.75. The molecule has 124 valence electrons. The lowest BCUT2D eigenvalue weighted by Gasteiger charge is -2.34. The van der Waals surface area contributed by atoms with Crippen molar-refractivity contribution >= 4 is 11.0 Å². The van der Waals surface area contributed by atoms with E-state index in [9.17, 15) is 0 Å². The van der Waals surface area contributed by atoms with Crippen LogP contribution < -0.4 is 0 Å². The van der Waals surface area contributed by atoms with Gasteiger partial charge in [0.25, 0.3) is 0 Å². The number of imidazole rings is 1. The Bertz CT molecular complexity index is 765. The Morgan fingerprint density at radius 2 is 1.62 bits per heavy atom. The van der Waals surface area contributed by atoms with Gasteiger partial charge in [0.15, 0.2) is 0 Å². The van der Waals surface area contributed by atoms with E-state index in [2.05, 4.69) is 57.0 Å². The molecule has 1 N–H and O–H groups in total. The van der Waals surface area contributed by atoms with E-state index in [0.29, 0.717) is 0 Å².